The fourth-order valence-electron chi connectivity index (χ4n) is 2.48. The number of hydrazone groups is 1. The van der Waals surface area contributed by atoms with Crippen LogP contribution in [-0.2, 0) is 4.79 Å². The van der Waals surface area contributed by atoms with Crippen molar-refractivity contribution >= 4 is 44.0 Å². The van der Waals surface area contributed by atoms with Crippen LogP contribution in [0.25, 0.3) is 0 Å². The van der Waals surface area contributed by atoms with Crippen molar-refractivity contribution in [3.8, 4) is 11.5 Å². The van der Waals surface area contributed by atoms with Gasteiger partial charge in [-0.2, -0.15) is 5.10 Å². The summed E-state index contributed by atoms with van der Waals surface area (Å²) in [6.07, 6.45) is 1.53. The number of benzene rings is 2. The Morgan fingerprint density at radius 2 is 2.00 bits per heavy atom. The minimum absolute atomic E-state index is 0.111. The lowest BCUT2D eigenvalue weighted by Crippen LogP contribution is -2.25. The van der Waals surface area contributed by atoms with Crippen molar-refractivity contribution in [2.75, 3.05) is 13.7 Å². The van der Waals surface area contributed by atoms with Gasteiger partial charge in [-0.15, -0.1) is 0 Å². The molecule has 0 bridgehead atoms. The lowest BCUT2D eigenvalue weighted by atomic mass is 10.0. The van der Waals surface area contributed by atoms with Gasteiger partial charge in [-0.3, -0.25) is 4.79 Å². The summed E-state index contributed by atoms with van der Waals surface area (Å²) in [5.41, 5.74) is 5.35. The predicted octanol–water partition coefficient (Wildman–Crippen LogP) is 5.18. The van der Waals surface area contributed by atoms with Gasteiger partial charge < -0.3 is 9.47 Å². The van der Waals surface area contributed by atoms with Gasteiger partial charge in [-0.25, -0.2) is 5.43 Å². The molecule has 0 radical (unpaired) electrons. The Kier molecular flexibility index (Phi) is 7.86. The van der Waals surface area contributed by atoms with Gasteiger partial charge in [0.2, 0.25) is 0 Å². The maximum absolute atomic E-state index is 12.1. The van der Waals surface area contributed by atoms with E-state index in [1.165, 1.54) is 6.21 Å². The summed E-state index contributed by atoms with van der Waals surface area (Å²) >= 11 is 6.85. The van der Waals surface area contributed by atoms with Gasteiger partial charge in [0.15, 0.2) is 6.61 Å². The standard InChI is InChI=1S/C20H22Br2N2O3/c1-12(2)16-6-5-13(3)7-18(16)27-11-19(25)24-23-10-14-8-15(21)9-17(22)20(14)26-4/h5-10,12H,11H2,1-4H3,(H,24,25). The normalized spacial score (nSPS) is 11.1. The third-order valence-corrected chi connectivity index (χ3v) is 4.83. The first kappa shape index (κ1) is 21.4. The van der Waals surface area contributed by atoms with Crippen LogP contribution in [0.3, 0.4) is 0 Å². The predicted molar refractivity (Wildman–Crippen MR) is 115 cm³/mol. The highest BCUT2D eigenvalue weighted by Crippen LogP contribution is 2.31. The number of nitrogens with zero attached hydrogens (tertiary/aromatic N) is 1. The van der Waals surface area contributed by atoms with E-state index < -0.39 is 0 Å². The molecule has 5 nitrogen and oxygen atoms in total. The first-order valence-corrected chi connectivity index (χ1v) is 9.98. The Balaban J connectivity index is 2.00. The largest absolute Gasteiger partial charge is 0.495 e. The molecule has 2 aromatic rings. The molecule has 0 aliphatic heterocycles. The highest BCUT2D eigenvalue weighted by molar-refractivity contribution is 9.11. The van der Waals surface area contributed by atoms with Gasteiger partial charge in [0.05, 0.1) is 17.8 Å². The first-order valence-electron chi connectivity index (χ1n) is 8.40. The van der Waals surface area contributed by atoms with Crippen molar-refractivity contribution in [3.05, 3.63) is 56.0 Å². The third-order valence-electron chi connectivity index (χ3n) is 3.78. The summed E-state index contributed by atoms with van der Waals surface area (Å²) in [7, 11) is 1.58. The molecule has 1 amide bonds. The van der Waals surface area contributed by atoms with Crippen molar-refractivity contribution in [2.24, 2.45) is 5.10 Å². The molecular weight excluding hydrogens is 476 g/mol. The Hall–Kier alpha value is -1.86. The van der Waals surface area contributed by atoms with Crippen molar-refractivity contribution in [3.63, 3.8) is 0 Å². The first-order chi connectivity index (χ1) is 12.8. The van der Waals surface area contributed by atoms with E-state index in [1.54, 1.807) is 7.11 Å². The molecule has 2 rings (SSSR count). The number of amides is 1. The quantitative estimate of drug-likeness (QED) is 0.423. The third kappa shape index (κ3) is 6.07. The van der Waals surface area contributed by atoms with Crippen LogP contribution in [0.2, 0.25) is 0 Å². The van der Waals surface area contributed by atoms with Crippen LogP contribution in [0.4, 0.5) is 0 Å². The van der Waals surface area contributed by atoms with Crippen LogP contribution in [0.1, 0.15) is 36.5 Å². The molecule has 0 heterocycles. The number of rotatable bonds is 7. The minimum Gasteiger partial charge on any atom is -0.495 e. The summed E-state index contributed by atoms with van der Waals surface area (Å²) in [5.74, 6) is 1.33. The van der Waals surface area contributed by atoms with Crippen LogP contribution in [0.5, 0.6) is 11.5 Å². The number of hydrogen-bond donors (Lipinski definition) is 1. The topological polar surface area (TPSA) is 59.9 Å². The van der Waals surface area contributed by atoms with Gasteiger partial charge >= 0.3 is 0 Å². The number of hydrogen-bond acceptors (Lipinski definition) is 4. The highest BCUT2D eigenvalue weighted by atomic mass is 79.9. The van der Waals surface area contributed by atoms with Gasteiger partial charge in [-0.1, -0.05) is 41.9 Å². The minimum atomic E-state index is -0.338. The molecule has 0 aromatic heterocycles. The molecule has 0 saturated carbocycles. The Morgan fingerprint density at radius 3 is 2.67 bits per heavy atom. The average molecular weight is 498 g/mol. The molecule has 0 unspecified atom stereocenters. The fourth-order valence-corrected chi connectivity index (χ4v) is 3.90. The monoisotopic (exact) mass is 496 g/mol. The van der Waals surface area contributed by atoms with Gasteiger partial charge in [0.25, 0.3) is 5.91 Å². The summed E-state index contributed by atoms with van der Waals surface area (Å²) in [6, 6.07) is 9.72. The second kappa shape index (κ2) is 9.90. The van der Waals surface area contributed by atoms with E-state index in [0.717, 1.165) is 31.4 Å². The molecule has 0 fully saturated rings. The number of nitrogens with one attached hydrogen (secondary N) is 1. The molecule has 0 saturated heterocycles. The van der Waals surface area contributed by atoms with Crippen molar-refractivity contribution in [1.82, 2.24) is 5.43 Å². The van der Waals surface area contributed by atoms with Crippen molar-refractivity contribution < 1.29 is 14.3 Å². The van der Waals surface area contributed by atoms with Crippen LogP contribution in [-0.4, -0.2) is 25.8 Å². The van der Waals surface area contributed by atoms with Gasteiger partial charge in [0.1, 0.15) is 11.5 Å². The average Bonchev–Trinajstić information content (AvgIpc) is 2.59. The zero-order valence-corrected chi connectivity index (χ0v) is 18.8. The summed E-state index contributed by atoms with van der Waals surface area (Å²) in [4.78, 5) is 12.1. The Morgan fingerprint density at radius 1 is 1.26 bits per heavy atom. The van der Waals surface area contributed by atoms with Gasteiger partial charge in [-0.05, 0) is 58.1 Å². The molecule has 0 aliphatic carbocycles. The van der Waals surface area contributed by atoms with E-state index in [9.17, 15) is 4.79 Å². The molecule has 7 heteroatoms. The van der Waals surface area contributed by atoms with Crippen LogP contribution >= 0.6 is 31.9 Å². The second-order valence-electron chi connectivity index (χ2n) is 6.29. The molecule has 1 N–H and O–H groups in total. The molecule has 2 aromatic carbocycles. The lowest BCUT2D eigenvalue weighted by Gasteiger charge is -2.14. The number of methoxy groups -OCH3 is 1. The molecule has 0 aliphatic rings. The second-order valence-corrected chi connectivity index (χ2v) is 8.06. The Labute approximate surface area is 176 Å². The van der Waals surface area contributed by atoms with E-state index in [1.807, 2.05) is 37.3 Å². The number of aryl methyl sites for hydroxylation is 1. The summed E-state index contributed by atoms with van der Waals surface area (Å²) < 4.78 is 12.7. The van der Waals surface area contributed by atoms with E-state index >= 15 is 0 Å². The van der Waals surface area contributed by atoms with Crippen LogP contribution in [0, 0.1) is 6.92 Å². The fraction of sp³-hybridized carbons (Fsp3) is 0.300. The smallest absolute Gasteiger partial charge is 0.277 e. The zero-order chi connectivity index (χ0) is 20.0. The van der Waals surface area contributed by atoms with E-state index in [4.69, 9.17) is 9.47 Å². The van der Waals surface area contributed by atoms with Crippen LogP contribution < -0.4 is 14.9 Å². The van der Waals surface area contributed by atoms with E-state index in [-0.39, 0.29) is 12.5 Å². The molecular formula is C20H22Br2N2O3. The van der Waals surface area contributed by atoms with Gasteiger partial charge in [0, 0.05) is 10.0 Å². The van der Waals surface area contributed by atoms with E-state index in [0.29, 0.717) is 11.7 Å². The molecule has 0 spiro atoms. The lowest BCUT2D eigenvalue weighted by molar-refractivity contribution is -0.123. The summed E-state index contributed by atoms with van der Waals surface area (Å²) in [5, 5.41) is 3.99. The molecule has 0 atom stereocenters. The summed E-state index contributed by atoms with van der Waals surface area (Å²) in [6.45, 7) is 6.06. The number of carbonyl (C=O) groups excluding carboxylic acids is 1. The van der Waals surface area contributed by atoms with Crippen LogP contribution in [0.15, 0.2) is 44.4 Å². The number of halogens is 2. The maximum atomic E-state index is 12.1. The number of carbonyl (C=O) groups is 1. The molecule has 27 heavy (non-hydrogen) atoms. The van der Waals surface area contributed by atoms with Crippen molar-refractivity contribution in [1.29, 1.82) is 0 Å². The SMILES string of the molecule is COc1c(Br)cc(Br)cc1C=NNC(=O)COc1cc(C)ccc1C(C)C. The zero-order valence-electron chi connectivity index (χ0n) is 15.7. The molecule has 144 valence electrons. The Bertz CT molecular complexity index is 851. The number of ether oxygens (including phenoxy) is 2. The maximum Gasteiger partial charge on any atom is 0.277 e. The van der Waals surface area contributed by atoms with E-state index in [2.05, 4.69) is 56.2 Å². The van der Waals surface area contributed by atoms with Crippen molar-refractivity contribution in [2.45, 2.75) is 26.7 Å². The highest BCUT2D eigenvalue weighted by Gasteiger charge is 2.11.